The highest BCUT2D eigenvalue weighted by Crippen LogP contribution is 2.29. The van der Waals surface area contributed by atoms with Crippen molar-refractivity contribution in [3.8, 4) is 17.2 Å². The molecule has 5 heterocycles. The van der Waals surface area contributed by atoms with Crippen molar-refractivity contribution < 1.29 is 37.0 Å². The number of nitrogens with zero attached hydrogens (tertiary/aromatic N) is 1. The fourth-order valence-corrected chi connectivity index (χ4v) is 4.99. The summed E-state index contributed by atoms with van der Waals surface area (Å²) in [6.07, 6.45) is 1.05. The zero-order valence-corrected chi connectivity index (χ0v) is 22.8. The number of aryl methyl sites for hydroxylation is 1. The third-order valence-electron chi connectivity index (χ3n) is 6.58. The molecule has 2 aromatic carbocycles. The number of likely N-dealkylation sites (tertiary alicyclic amines) is 1. The molecule has 7 rings (SSSR count). The Bertz CT molecular complexity index is 1310. The smallest absolute Gasteiger partial charge is 0.258 e. The average Bonchev–Trinajstić information content (AvgIpc) is 3.30. The molecule has 12 heteroatoms. The van der Waals surface area contributed by atoms with Gasteiger partial charge in [-0.1, -0.05) is 18.2 Å². The van der Waals surface area contributed by atoms with E-state index >= 15 is 0 Å². The first-order valence-corrected chi connectivity index (χ1v) is 14.7. The Labute approximate surface area is 227 Å². The summed E-state index contributed by atoms with van der Waals surface area (Å²) in [5.41, 5.74) is 1.70. The number of nitrogens with one attached hydrogen (secondary N) is 2. The lowest BCUT2D eigenvalue weighted by molar-refractivity contribution is -0.130. The van der Waals surface area contributed by atoms with E-state index in [1.807, 2.05) is 18.2 Å². The van der Waals surface area contributed by atoms with E-state index in [-0.39, 0.29) is 56.0 Å². The lowest BCUT2D eigenvalue weighted by Gasteiger charge is -2.21. The topological polar surface area (TPSA) is 140 Å². The van der Waals surface area contributed by atoms with Crippen molar-refractivity contribution in [2.24, 2.45) is 0 Å². The molecular formula is C27H33N3O8S. The van der Waals surface area contributed by atoms with Crippen LogP contribution in [0.5, 0.6) is 17.2 Å². The fraction of sp³-hybridized carbons (Fsp3) is 0.444. The number of benzene rings is 2. The van der Waals surface area contributed by atoms with Crippen molar-refractivity contribution in [2.45, 2.75) is 38.0 Å². The molecule has 0 aliphatic carbocycles. The van der Waals surface area contributed by atoms with Crippen LogP contribution in [0.25, 0.3) is 0 Å². The Hall–Kier alpha value is -3.80. The minimum atomic E-state index is -3.29. The summed E-state index contributed by atoms with van der Waals surface area (Å²) in [6.45, 7) is 0.540. The third-order valence-corrected chi connectivity index (χ3v) is 7.53. The van der Waals surface area contributed by atoms with Crippen LogP contribution in [0.15, 0.2) is 42.5 Å². The Morgan fingerprint density at radius 3 is 2.51 bits per heavy atom. The number of methoxy groups -OCH3 is 1. The molecule has 11 nitrogen and oxygen atoms in total. The molecule has 0 radical (unpaired) electrons. The second-order valence-corrected chi connectivity index (χ2v) is 12.0. The van der Waals surface area contributed by atoms with Gasteiger partial charge in [-0.25, -0.2) is 8.42 Å². The predicted octanol–water partition coefficient (Wildman–Crippen LogP) is 0.846. The van der Waals surface area contributed by atoms with Crippen LogP contribution in [0.2, 0.25) is 0 Å². The van der Waals surface area contributed by atoms with Crippen LogP contribution in [-0.4, -0.2) is 82.0 Å². The molecule has 5 aliphatic rings. The highest BCUT2D eigenvalue weighted by Gasteiger charge is 2.37. The maximum absolute atomic E-state index is 12.9. The standard InChI is InChI=1S/C27H33N3O8S/c1-36-23-13-18-5-9-22(23)37-17-26(32)28-14-19-3-7-20(8-4-19)38-24-16-30(27(33)11-12-39(2,34)35)15-21(24)29-25(31)10-6-18/h3-5,7-9,13,21,24H,6,10-12,14-17H2,1-2H3,(H,28,32)(H,29,31)/t21-,24-/m0/s1. The summed E-state index contributed by atoms with van der Waals surface area (Å²) in [6, 6.07) is 12.0. The van der Waals surface area contributed by atoms with E-state index in [0.717, 1.165) is 17.4 Å². The zero-order valence-electron chi connectivity index (χ0n) is 22.0. The van der Waals surface area contributed by atoms with Crippen LogP contribution >= 0.6 is 0 Å². The van der Waals surface area contributed by atoms with E-state index in [9.17, 15) is 22.8 Å². The first kappa shape index (κ1) is 28.2. The van der Waals surface area contributed by atoms with Gasteiger partial charge < -0.3 is 29.7 Å². The van der Waals surface area contributed by atoms with Gasteiger partial charge in [-0.05, 0) is 41.8 Å². The van der Waals surface area contributed by atoms with Crippen molar-refractivity contribution >= 4 is 27.6 Å². The number of carbonyl (C=O) groups excluding carboxylic acids is 3. The molecule has 2 N–H and O–H groups in total. The van der Waals surface area contributed by atoms with Crippen LogP contribution in [0, 0.1) is 0 Å². The molecule has 0 saturated carbocycles. The van der Waals surface area contributed by atoms with Crippen molar-refractivity contribution in [2.75, 3.05) is 38.8 Å². The minimum Gasteiger partial charge on any atom is -0.493 e. The van der Waals surface area contributed by atoms with Gasteiger partial charge in [0.15, 0.2) is 18.1 Å². The number of rotatable bonds is 4. The van der Waals surface area contributed by atoms with E-state index in [0.29, 0.717) is 30.2 Å². The maximum Gasteiger partial charge on any atom is 0.258 e. The molecule has 4 bridgehead atoms. The number of hydrogen-bond donors (Lipinski definition) is 2. The highest BCUT2D eigenvalue weighted by molar-refractivity contribution is 7.90. The molecule has 1 fully saturated rings. The van der Waals surface area contributed by atoms with E-state index in [1.54, 1.807) is 24.3 Å². The summed E-state index contributed by atoms with van der Waals surface area (Å²) in [5, 5.41) is 5.81. The van der Waals surface area contributed by atoms with E-state index in [4.69, 9.17) is 14.2 Å². The molecule has 5 aliphatic heterocycles. The Kier molecular flexibility index (Phi) is 8.95. The Morgan fingerprint density at radius 1 is 1.05 bits per heavy atom. The molecular weight excluding hydrogens is 526 g/mol. The number of hydrogen-bond acceptors (Lipinski definition) is 8. The molecule has 0 spiro atoms. The molecule has 2 atom stereocenters. The number of carbonyl (C=O) groups is 3. The van der Waals surface area contributed by atoms with E-state index < -0.39 is 22.0 Å². The summed E-state index contributed by atoms with van der Waals surface area (Å²) in [4.78, 5) is 39.5. The predicted molar refractivity (Wildman–Crippen MR) is 142 cm³/mol. The molecule has 39 heavy (non-hydrogen) atoms. The lowest BCUT2D eigenvalue weighted by Crippen LogP contribution is -2.45. The molecule has 3 amide bonds. The second kappa shape index (κ2) is 12.4. The molecule has 0 unspecified atom stereocenters. The van der Waals surface area contributed by atoms with Gasteiger partial charge in [-0.2, -0.15) is 0 Å². The second-order valence-electron chi connectivity index (χ2n) is 9.70. The van der Waals surface area contributed by atoms with Crippen LogP contribution in [0.4, 0.5) is 0 Å². The Balaban J connectivity index is 1.54. The summed E-state index contributed by atoms with van der Waals surface area (Å²) in [5.74, 6) is 0.378. The molecule has 0 aromatic heterocycles. The zero-order chi connectivity index (χ0) is 28.0. The van der Waals surface area contributed by atoms with Crippen LogP contribution < -0.4 is 24.8 Å². The average molecular weight is 560 g/mol. The molecule has 210 valence electrons. The lowest BCUT2D eigenvalue weighted by atomic mass is 10.1. The van der Waals surface area contributed by atoms with Crippen molar-refractivity contribution in [3.05, 3.63) is 53.6 Å². The summed E-state index contributed by atoms with van der Waals surface area (Å²) >= 11 is 0. The maximum atomic E-state index is 12.9. The number of amides is 3. The Morgan fingerprint density at radius 2 is 1.79 bits per heavy atom. The van der Waals surface area contributed by atoms with Crippen LogP contribution in [0.1, 0.15) is 24.0 Å². The third kappa shape index (κ3) is 8.09. The van der Waals surface area contributed by atoms with Crippen LogP contribution in [0.3, 0.4) is 0 Å². The van der Waals surface area contributed by atoms with Gasteiger partial charge in [0, 0.05) is 32.2 Å². The van der Waals surface area contributed by atoms with Crippen LogP contribution in [-0.2, 0) is 37.2 Å². The minimum absolute atomic E-state index is 0.131. The molecule has 2 aromatic rings. The van der Waals surface area contributed by atoms with E-state index in [1.165, 1.54) is 12.0 Å². The largest absolute Gasteiger partial charge is 0.493 e. The quantitative estimate of drug-likeness (QED) is 0.562. The summed E-state index contributed by atoms with van der Waals surface area (Å²) in [7, 11) is -1.78. The SMILES string of the molecule is COc1cc2ccc1OCC(=O)NCc1ccc(cc1)O[C@H]1CN(C(=O)CCS(C)(=O)=O)C[C@@H]1NC(=O)CC2. The monoisotopic (exact) mass is 559 g/mol. The summed E-state index contributed by atoms with van der Waals surface area (Å²) < 4.78 is 40.3. The highest BCUT2D eigenvalue weighted by atomic mass is 32.2. The normalized spacial score (nSPS) is 20.3. The van der Waals surface area contributed by atoms with E-state index in [2.05, 4.69) is 10.6 Å². The first-order valence-electron chi connectivity index (χ1n) is 12.7. The van der Waals surface area contributed by atoms with Gasteiger partial charge in [-0.15, -0.1) is 0 Å². The van der Waals surface area contributed by atoms with Gasteiger partial charge in [0.1, 0.15) is 21.7 Å². The molecule has 1 saturated heterocycles. The fourth-order valence-electron chi connectivity index (χ4n) is 4.45. The van der Waals surface area contributed by atoms with Gasteiger partial charge in [0.2, 0.25) is 11.8 Å². The van der Waals surface area contributed by atoms with Gasteiger partial charge in [0.05, 0.1) is 25.4 Å². The number of ether oxygens (including phenoxy) is 3. The number of sulfone groups is 1. The van der Waals surface area contributed by atoms with Crippen molar-refractivity contribution in [3.63, 3.8) is 0 Å². The van der Waals surface area contributed by atoms with Crippen molar-refractivity contribution in [1.29, 1.82) is 0 Å². The van der Waals surface area contributed by atoms with Gasteiger partial charge >= 0.3 is 0 Å². The van der Waals surface area contributed by atoms with Gasteiger partial charge in [0.25, 0.3) is 5.91 Å². The van der Waals surface area contributed by atoms with Gasteiger partial charge in [-0.3, -0.25) is 14.4 Å². The first-order chi connectivity index (χ1) is 18.6. The van der Waals surface area contributed by atoms with Crippen molar-refractivity contribution in [1.82, 2.24) is 15.5 Å².